The molecule has 0 aliphatic carbocycles. The van der Waals surface area contributed by atoms with E-state index in [0.29, 0.717) is 57.5 Å². The van der Waals surface area contributed by atoms with Crippen LogP contribution < -0.4 is 9.47 Å². The SMILES string of the molecule is O=C(ON1CCC(Oc2ccc(OC(F)(F)F)cc2)CC1)N1CCCCC1=S(=O)=O. The van der Waals surface area contributed by atoms with Crippen molar-refractivity contribution in [3.8, 4) is 11.5 Å². The van der Waals surface area contributed by atoms with Crippen LogP contribution in [0.3, 0.4) is 0 Å². The van der Waals surface area contributed by atoms with Crippen LogP contribution in [0.4, 0.5) is 18.0 Å². The maximum Gasteiger partial charge on any atom is 0.573 e. The fourth-order valence-electron chi connectivity index (χ4n) is 3.29. The van der Waals surface area contributed by atoms with Crippen molar-refractivity contribution in [2.24, 2.45) is 0 Å². The molecule has 2 heterocycles. The first-order valence-corrected chi connectivity index (χ1v) is 10.5. The van der Waals surface area contributed by atoms with Crippen LogP contribution in [0.2, 0.25) is 0 Å². The number of benzene rings is 1. The number of carbonyl (C=O) groups is 1. The summed E-state index contributed by atoms with van der Waals surface area (Å²) < 4.78 is 68.7. The molecule has 1 amide bonds. The lowest BCUT2D eigenvalue weighted by Crippen LogP contribution is -2.46. The lowest BCUT2D eigenvalue weighted by atomic mass is 10.1. The van der Waals surface area contributed by atoms with E-state index >= 15 is 0 Å². The van der Waals surface area contributed by atoms with E-state index in [0.717, 1.165) is 4.90 Å². The van der Waals surface area contributed by atoms with Crippen molar-refractivity contribution in [3.05, 3.63) is 24.3 Å². The zero-order valence-corrected chi connectivity index (χ0v) is 16.7. The molecule has 2 saturated heterocycles. The van der Waals surface area contributed by atoms with Gasteiger partial charge in [0.15, 0.2) is 0 Å². The summed E-state index contributed by atoms with van der Waals surface area (Å²) in [6.07, 6.45) is -2.88. The number of alkyl halides is 3. The van der Waals surface area contributed by atoms with Crippen molar-refractivity contribution in [1.82, 2.24) is 9.96 Å². The van der Waals surface area contributed by atoms with Crippen LogP contribution in [-0.2, 0) is 15.1 Å². The van der Waals surface area contributed by atoms with Crippen LogP contribution in [0.5, 0.6) is 11.5 Å². The first kappa shape index (κ1) is 22.2. The van der Waals surface area contributed by atoms with Crippen molar-refractivity contribution in [2.45, 2.75) is 44.6 Å². The fourth-order valence-corrected chi connectivity index (χ4v) is 3.94. The maximum absolute atomic E-state index is 12.3. The second kappa shape index (κ2) is 9.56. The number of carbonyl (C=O) groups excluding carboxylic acids is 1. The summed E-state index contributed by atoms with van der Waals surface area (Å²) in [6, 6.07) is 5.13. The molecule has 0 atom stereocenters. The Hall–Kier alpha value is -2.47. The molecule has 2 aliphatic rings. The molecule has 3 rings (SSSR count). The van der Waals surface area contributed by atoms with E-state index in [4.69, 9.17) is 9.57 Å². The third-order valence-corrected chi connectivity index (χ3v) is 5.51. The largest absolute Gasteiger partial charge is 0.573 e. The highest BCUT2D eigenvalue weighted by atomic mass is 32.2. The van der Waals surface area contributed by atoms with Crippen LogP contribution >= 0.6 is 0 Å². The van der Waals surface area contributed by atoms with Crippen LogP contribution in [0.25, 0.3) is 0 Å². The molecule has 2 fully saturated rings. The summed E-state index contributed by atoms with van der Waals surface area (Å²) in [5, 5.41) is 1.46. The molecule has 12 heteroatoms. The van der Waals surface area contributed by atoms with Gasteiger partial charge in [0.25, 0.3) is 0 Å². The second-order valence-electron chi connectivity index (χ2n) is 6.86. The van der Waals surface area contributed by atoms with E-state index in [9.17, 15) is 26.4 Å². The number of amides is 1. The average molecular weight is 450 g/mol. The highest BCUT2D eigenvalue weighted by Gasteiger charge is 2.31. The van der Waals surface area contributed by atoms with Gasteiger partial charge in [-0.3, -0.25) is 4.90 Å². The molecule has 0 aromatic heterocycles. The predicted molar refractivity (Wildman–Crippen MR) is 99.3 cm³/mol. The topological polar surface area (TPSA) is 85.4 Å². The predicted octanol–water partition coefficient (Wildman–Crippen LogP) is 2.97. The molecule has 0 N–H and O–H groups in total. The molecule has 1 aromatic carbocycles. The van der Waals surface area contributed by atoms with E-state index in [-0.39, 0.29) is 16.8 Å². The molecular formula is C18H21F3N2O6S. The van der Waals surface area contributed by atoms with E-state index in [2.05, 4.69) is 4.74 Å². The van der Waals surface area contributed by atoms with E-state index in [1.807, 2.05) is 0 Å². The van der Waals surface area contributed by atoms with Crippen LogP contribution in [0.1, 0.15) is 32.1 Å². The quantitative estimate of drug-likeness (QED) is 0.652. The first-order valence-electron chi connectivity index (χ1n) is 9.43. The highest BCUT2D eigenvalue weighted by Crippen LogP contribution is 2.26. The molecule has 1 aromatic rings. The van der Waals surface area contributed by atoms with E-state index < -0.39 is 22.7 Å². The van der Waals surface area contributed by atoms with Crippen LogP contribution in [0.15, 0.2) is 24.3 Å². The van der Waals surface area contributed by atoms with Gasteiger partial charge in [-0.05, 0) is 37.1 Å². The van der Waals surface area contributed by atoms with Crippen molar-refractivity contribution in [3.63, 3.8) is 0 Å². The summed E-state index contributed by atoms with van der Waals surface area (Å²) in [5.41, 5.74) is 0. The summed E-state index contributed by atoms with van der Waals surface area (Å²) in [7, 11) is -2.46. The molecule has 30 heavy (non-hydrogen) atoms. The highest BCUT2D eigenvalue weighted by molar-refractivity contribution is 7.72. The maximum atomic E-state index is 12.3. The molecule has 0 unspecified atom stereocenters. The van der Waals surface area contributed by atoms with E-state index in [1.54, 1.807) is 0 Å². The van der Waals surface area contributed by atoms with E-state index in [1.165, 1.54) is 29.3 Å². The summed E-state index contributed by atoms with van der Waals surface area (Å²) in [4.78, 5) is 18.8. The molecule has 2 aliphatic heterocycles. The number of piperidine rings is 2. The van der Waals surface area contributed by atoms with Gasteiger partial charge in [0.1, 0.15) is 22.6 Å². The van der Waals surface area contributed by atoms with Gasteiger partial charge in [0.2, 0.25) is 10.3 Å². The third kappa shape index (κ3) is 6.26. The lowest BCUT2D eigenvalue weighted by molar-refractivity contribution is -0.274. The number of rotatable bonds is 4. The fraction of sp³-hybridized carbons (Fsp3) is 0.556. The molecule has 0 bridgehead atoms. The Morgan fingerprint density at radius 1 is 1.00 bits per heavy atom. The number of hydrogen-bond donors (Lipinski definition) is 0. The van der Waals surface area contributed by atoms with Gasteiger partial charge in [-0.2, -0.15) is 8.42 Å². The van der Waals surface area contributed by atoms with Crippen LogP contribution in [-0.4, -0.2) is 61.6 Å². The lowest BCUT2D eigenvalue weighted by Gasteiger charge is -2.33. The Kier molecular flexibility index (Phi) is 7.08. The number of halogens is 3. The third-order valence-electron chi connectivity index (χ3n) is 4.70. The Bertz CT molecular complexity index is 872. The van der Waals surface area contributed by atoms with Gasteiger partial charge in [0.05, 0.1) is 0 Å². The summed E-state index contributed by atoms with van der Waals surface area (Å²) in [5.74, 6) is 0.0786. The Morgan fingerprint density at radius 3 is 2.23 bits per heavy atom. The Balaban J connectivity index is 1.47. The number of hydrogen-bond acceptors (Lipinski definition) is 7. The minimum absolute atomic E-state index is 0.0439. The standard InChI is InChI=1S/C18H21F3N2O6S/c19-18(20,21)28-15-6-4-13(5-7-15)27-14-8-11-22(12-9-14)29-17(24)23-10-2-1-3-16(23)30(25)26/h4-7,14H,1-3,8-12H2. The molecule has 0 spiro atoms. The molecular weight excluding hydrogens is 429 g/mol. The molecule has 8 nitrogen and oxygen atoms in total. The molecule has 0 saturated carbocycles. The van der Waals surface area contributed by atoms with Crippen LogP contribution in [0, 0.1) is 0 Å². The van der Waals surface area contributed by atoms with Gasteiger partial charge in [-0.15, -0.1) is 18.2 Å². The number of likely N-dealkylation sites (tertiary alicyclic amines) is 1. The van der Waals surface area contributed by atoms with Gasteiger partial charge < -0.3 is 14.3 Å². The number of ether oxygens (including phenoxy) is 2. The average Bonchev–Trinajstić information content (AvgIpc) is 2.70. The van der Waals surface area contributed by atoms with Crippen molar-refractivity contribution >= 4 is 21.4 Å². The minimum Gasteiger partial charge on any atom is -0.490 e. The molecule has 0 radical (unpaired) electrons. The van der Waals surface area contributed by atoms with Gasteiger partial charge >= 0.3 is 12.5 Å². The van der Waals surface area contributed by atoms with Gasteiger partial charge in [-0.1, -0.05) is 0 Å². The molecule has 166 valence electrons. The zero-order valence-electron chi connectivity index (χ0n) is 15.9. The smallest absolute Gasteiger partial charge is 0.490 e. The Morgan fingerprint density at radius 2 is 1.63 bits per heavy atom. The second-order valence-corrected chi connectivity index (χ2v) is 7.80. The minimum atomic E-state index is -4.75. The van der Waals surface area contributed by atoms with Gasteiger partial charge in [-0.25, -0.2) is 4.79 Å². The summed E-state index contributed by atoms with van der Waals surface area (Å²) in [6.45, 7) is 1.07. The normalized spacial score (nSPS) is 18.8. The summed E-state index contributed by atoms with van der Waals surface area (Å²) >= 11 is 0. The monoisotopic (exact) mass is 450 g/mol. The zero-order chi connectivity index (χ0) is 21.7. The number of hydroxylamine groups is 2. The first-order chi connectivity index (χ1) is 14.2. The number of nitrogens with zero attached hydrogens (tertiary/aromatic N) is 2. The van der Waals surface area contributed by atoms with Gasteiger partial charge in [0, 0.05) is 38.9 Å². The van der Waals surface area contributed by atoms with Crippen molar-refractivity contribution < 1.29 is 40.7 Å². The Labute approximate surface area is 172 Å². The van der Waals surface area contributed by atoms with Crippen molar-refractivity contribution in [1.29, 1.82) is 0 Å². The van der Waals surface area contributed by atoms with Crippen molar-refractivity contribution in [2.75, 3.05) is 19.6 Å².